The van der Waals surface area contributed by atoms with E-state index < -0.39 is 0 Å². The predicted octanol–water partition coefficient (Wildman–Crippen LogP) is 3.31. The smallest absolute Gasteiger partial charge is 0.229 e. The molecule has 1 saturated heterocycles. The van der Waals surface area contributed by atoms with Gasteiger partial charge in [-0.3, -0.25) is 9.36 Å². The molecule has 0 spiro atoms. The van der Waals surface area contributed by atoms with Crippen molar-refractivity contribution in [3.8, 4) is 5.69 Å². The molecule has 5 nitrogen and oxygen atoms in total. The number of nitrogens with one attached hydrogen (secondary N) is 1. The highest BCUT2D eigenvalue weighted by Crippen LogP contribution is 2.24. The van der Waals surface area contributed by atoms with E-state index in [0.29, 0.717) is 13.2 Å². The van der Waals surface area contributed by atoms with E-state index >= 15 is 0 Å². The third kappa shape index (κ3) is 2.67. The number of benzene rings is 2. The monoisotopic (exact) mass is 321 g/mol. The Morgan fingerprint density at radius 2 is 2.08 bits per heavy atom. The van der Waals surface area contributed by atoms with Crippen LogP contribution in [0.25, 0.3) is 16.7 Å². The molecule has 1 fully saturated rings. The van der Waals surface area contributed by atoms with Crippen LogP contribution in [0.4, 0.5) is 5.69 Å². The lowest BCUT2D eigenvalue weighted by molar-refractivity contribution is -0.119. The summed E-state index contributed by atoms with van der Waals surface area (Å²) >= 11 is 0. The quantitative estimate of drug-likeness (QED) is 0.805. The van der Waals surface area contributed by atoms with Crippen LogP contribution >= 0.6 is 0 Å². The number of hydrogen-bond acceptors (Lipinski definition) is 3. The molecule has 24 heavy (non-hydrogen) atoms. The Balaban J connectivity index is 1.66. The topological polar surface area (TPSA) is 56.1 Å². The highest BCUT2D eigenvalue weighted by atomic mass is 16.5. The van der Waals surface area contributed by atoms with Gasteiger partial charge in [0.05, 0.1) is 23.6 Å². The molecule has 1 amide bonds. The zero-order valence-electron chi connectivity index (χ0n) is 13.5. The lowest BCUT2D eigenvalue weighted by Gasteiger charge is -2.10. The zero-order chi connectivity index (χ0) is 16.5. The average molecular weight is 321 g/mol. The summed E-state index contributed by atoms with van der Waals surface area (Å²) in [6.07, 6.45) is 0.788. The van der Waals surface area contributed by atoms with Crippen LogP contribution in [-0.4, -0.2) is 28.7 Å². The number of imidazole rings is 1. The summed E-state index contributed by atoms with van der Waals surface area (Å²) in [5, 5.41) is 2.98. The second-order valence-electron chi connectivity index (χ2n) is 6.08. The number of anilines is 1. The summed E-state index contributed by atoms with van der Waals surface area (Å²) in [5.41, 5.74) is 3.76. The van der Waals surface area contributed by atoms with Crippen molar-refractivity contribution in [3.05, 3.63) is 54.4 Å². The van der Waals surface area contributed by atoms with Crippen LogP contribution < -0.4 is 5.32 Å². The van der Waals surface area contributed by atoms with Crippen LogP contribution in [0.1, 0.15) is 12.2 Å². The van der Waals surface area contributed by atoms with E-state index in [2.05, 4.69) is 27.0 Å². The van der Waals surface area contributed by atoms with Gasteiger partial charge in [-0.2, -0.15) is 0 Å². The van der Waals surface area contributed by atoms with E-state index in [0.717, 1.165) is 34.7 Å². The number of ether oxygens (including phenoxy) is 1. The van der Waals surface area contributed by atoms with E-state index in [1.807, 2.05) is 43.3 Å². The van der Waals surface area contributed by atoms with Crippen molar-refractivity contribution in [2.24, 2.45) is 5.92 Å². The van der Waals surface area contributed by atoms with E-state index in [1.54, 1.807) is 0 Å². The molecule has 0 saturated carbocycles. The number of carbonyl (C=O) groups is 1. The standard InChI is InChI=1S/C19H19N3O2/c1-13-20-17-11-15(21-19(23)14-9-10-24-12-14)7-8-18(17)22(13)16-5-3-2-4-6-16/h2-8,11,14H,9-10,12H2,1H3,(H,21,23)/t14-/m1/s1. The van der Waals surface area contributed by atoms with Crippen molar-refractivity contribution in [1.82, 2.24) is 9.55 Å². The fourth-order valence-corrected chi connectivity index (χ4v) is 3.17. The van der Waals surface area contributed by atoms with Gasteiger partial charge in [-0.15, -0.1) is 0 Å². The number of hydrogen-bond donors (Lipinski definition) is 1. The molecule has 5 heteroatoms. The van der Waals surface area contributed by atoms with Crippen molar-refractivity contribution in [1.29, 1.82) is 0 Å². The highest BCUT2D eigenvalue weighted by molar-refractivity contribution is 5.95. The molecule has 2 aromatic carbocycles. The summed E-state index contributed by atoms with van der Waals surface area (Å²) in [6.45, 7) is 3.16. The number of amides is 1. The van der Waals surface area contributed by atoms with Gasteiger partial charge in [0, 0.05) is 18.0 Å². The third-order valence-electron chi connectivity index (χ3n) is 4.40. The van der Waals surface area contributed by atoms with Crippen LogP contribution in [0.2, 0.25) is 0 Å². The lowest BCUT2D eigenvalue weighted by atomic mass is 10.1. The van der Waals surface area contributed by atoms with Crippen LogP contribution in [0, 0.1) is 12.8 Å². The number of rotatable bonds is 3. The minimum absolute atomic E-state index is 0.0195. The van der Waals surface area contributed by atoms with E-state index in [4.69, 9.17) is 4.74 Å². The van der Waals surface area contributed by atoms with Crippen molar-refractivity contribution in [2.75, 3.05) is 18.5 Å². The number of nitrogens with zero attached hydrogens (tertiary/aromatic N) is 2. The SMILES string of the molecule is Cc1nc2cc(NC(=O)[C@@H]3CCOC3)ccc2n1-c1ccccc1. The number of aromatic nitrogens is 2. The highest BCUT2D eigenvalue weighted by Gasteiger charge is 2.23. The number of carbonyl (C=O) groups excluding carboxylic acids is 1. The van der Waals surface area contributed by atoms with E-state index in [1.165, 1.54) is 0 Å². The van der Waals surface area contributed by atoms with Gasteiger partial charge in [-0.05, 0) is 43.7 Å². The van der Waals surface area contributed by atoms with Gasteiger partial charge < -0.3 is 10.1 Å². The minimum atomic E-state index is -0.0516. The van der Waals surface area contributed by atoms with Crippen molar-refractivity contribution in [3.63, 3.8) is 0 Å². The first-order chi connectivity index (χ1) is 11.7. The summed E-state index contributed by atoms with van der Waals surface area (Å²) in [7, 11) is 0. The Bertz CT molecular complexity index is 880. The van der Waals surface area contributed by atoms with Gasteiger partial charge in [0.2, 0.25) is 5.91 Å². The van der Waals surface area contributed by atoms with Crippen molar-refractivity contribution >= 4 is 22.6 Å². The molecule has 2 heterocycles. The van der Waals surface area contributed by atoms with Gasteiger partial charge in [-0.1, -0.05) is 18.2 Å². The van der Waals surface area contributed by atoms with Crippen LogP contribution in [-0.2, 0) is 9.53 Å². The fourth-order valence-electron chi connectivity index (χ4n) is 3.17. The van der Waals surface area contributed by atoms with Gasteiger partial charge in [0.25, 0.3) is 0 Å². The predicted molar refractivity (Wildman–Crippen MR) is 93.4 cm³/mol. The first-order valence-electron chi connectivity index (χ1n) is 8.15. The maximum atomic E-state index is 12.2. The fraction of sp³-hybridized carbons (Fsp3) is 0.263. The Labute approximate surface area is 140 Å². The van der Waals surface area contributed by atoms with E-state index in [-0.39, 0.29) is 11.8 Å². The summed E-state index contributed by atoms with van der Waals surface area (Å²) in [6, 6.07) is 16.0. The second kappa shape index (κ2) is 6.09. The molecule has 122 valence electrons. The van der Waals surface area contributed by atoms with Gasteiger partial charge in [0.1, 0.15) is 5.82 Å². The Hall–Kier alpha value is -2.66. The normalized spacial score (nSPS) is 17.3. The summed E-state index contributed by atoms with van der Waals surface area (Å²) < 4.78 is 7.39. The molecule has 4 rings (SSSR count). The van der Waals surface area contributed by atoms with Crippen LogP contribution in [0.5, 0.6) is 0 Å². The Kier molecular flexibility index (Phi) is 3.78. The van der Waals surface area contributed by atoms with Gasteiger partial charge >= 0.3 is 0 Å². The molecule has 0 radical (unpaired) electrons. The first kappa shape index (κ1) is 14.9. The molecule has 1 N–H and O–H groups in total. The maximum Gasteiger partial charge on any atom is 0.229 e. The molecule has 1 atom stereocenters. The summed E-state index contributed by atoms with van der Waals surface area (Å²) in [4.78, 5) is 16.9. The molecule has 1 aromatic heterocycles. The van der Waals surface area contributed by atoms with Crippen molar-refractivity contribution in [2.45, 2.75) is 13.3 Å². The Morgan fingerprint density at radius 3 is 2.83 bits per heavy atom. The molecular formula is C19H19N3O2. The maximum absolute atomic E-state index is 12.2. The molecule has 0 aliphatic carbocycles. The largest absolute Gasteiger partial charge is 0.381 e. The van der Waals surface area contributed by atoms with Gasteiger partial charge in [-0.25, -0.2) is 4.98 Å². The third-order valence-corrected chi connectivity index (χ3v) is 4.40. The van der Waals surface area contributed by atoms with E-state index in [9.17, 15) is 4.79 Å². The second-order valence-corrected chi connectivity index (χ2v) is 6.08. The number of para-hydroxylation sites is 1. The molecule has 3 aromatic rings. The molecule has 0 bridgehead atoms. The number of fused-ring (bicyclic) bond motifs is 1. The molecule has 1 aliphatic rings. The number of aryl methyl sites for hydroxylation is 1. The molecular weight excluding hydrogens is 302 g/mol. The van der Waals surface area contributed by atoms with Crippen molar-refractivity contribution < 1.29 is 9.53 Å². The Morgan fingerprint density at radius 1 is 1.25 bits per heavy atom. The average Bonchev–Trinajstić information content (AvgIpc) is 3.22. The van der Waals surface area contributed by atoms with Crippen LogP contribution in [0.15, 0.2) is 48.5 Å². The zero-order valence-corrected chi connectivity index (χ0v) is 13.5. The van der Waals surface area contributed by atoms with Gasteiger partial charge in [0.15, 0.2) is 0 Å². The lowest BCUT2D eigenvalue weighted by Crippen LogP contribution is -2.22. The molecule has 1 aliphatic heterocycles. The van der Waals surface area contributed by atoms with Crippen LogP contribution in [0.3, 0.4) is 0 Å². The summed E-state index contributed by atoms with van der Waals surface area (Å²) in [5.74, 6) is 0.888. The first-order valence-corrected chi connectivity index (χ1v) is 8.15. The minimum Gasteiger partial charge on any atom is -0.381 e. The molecule has 0 unspecified atom stereocenters.